The van der Waals surface area contributed by atoms with Crippen LogP contribution in [-0.2, 0) is 0 Å². The number of amides is 1. The molecule has 1 aliphatic carbocycles. The molecule has 1 heterocycles. The van der Waals surface area contributed by atoms with Crippen molar-refractivity contribution in [3.05, 3.63) is 21.4 Å². The maximum Gasteiger partial charge on any atom is 0.252 e. The fourth-order valence-electron chi connectivity index (χ4n) is 1.96. The summed E-state index contributed by atoms with van der Waals surface area (Å²) in [5, 5.41) is 12.7. The summed E-state index contributed by atoms with van der Waals surface area (Å²) < 4.78 is 0. The van der Waals surface area contributed by atoms with Gasteiger partial charge in [-0.05, 0) is 39.2 Å². The molecule has 0 aliphatic heterocycles. The van der Waals surface area contributed by atoms with Crippen molar-refractivity contribution in [2.75, 3.05) is 6.54 Å². The van der Waals surface area contributed by atoms with E-state index in [1.165, 1.54) is 0 Å². The maximum absolute atomic E-state index is 11.8. The minimum atomic E-state index is -0.644. The lowest BCUT2D eigenvalue weighted by molar-refractivity contribution is -0.0300. The van der Waals surface area contributed by atoms with E-state index >= 15 is 0 Å². The van der Waals surface area contributed by atoms with Crippen LogP contribution < -0.4 is 5.32 Å². The molecule has 1 saturated carbocycles. The van der Waals surface area contributed by atoms with Gasteiger partial charge < -0.3 is 10.4 Å². The van der Waals surface area contributed by atoms with Crippen molar-refractivity contribution in [2.24, 2.45) is 0 Å². The summed E-state index contributed by atoms with van der Waals surface area (Å²) >= 11 is 1.63. The molecule has 1 aromatic rings. The number of nitrogens with one attached hydrogen (secondary N) is 1. The first-order valence-electron chi connectivity index (χ1n) is 5.58. The number of aryl methyl sites for hydroxylation is 2. The highest BCUT2D eigenvalue weighted by atomic mass is 32.1. The summed E-state index contributed by atoms with van der Waals surface area (Å²) in [7, 11) is 0. The minimum absolute atomic E-state index is 0.0674. The number of hydrogen-bond donors (Lipinski definition) is 2. The molecule has 88 valence electrons. The molecule has 1 fully saturated rings. The first-order valence-corrected chi connectivity index (χ1v) is 6.39. The van der Waals surface area contributed by atoms with Crippen molar-refractivity contribution in [1.29, 1.82) is 0 Å². The third-order valence-electron chi connectivity index (χ3n) is 3.15. The van der Waals surface area contributed by atoms with E-state index in [2.05, 4.69) is 5.32 Å². The quantitative estimate of drug-likeness (QED) is 0.847. The number of thiophene rings is 1. The Bertz CT molecular complexity index is 407. The average Bonchev–Trinajstić information content (AvgIpc) is 2.51. The highest BCUT2D eigenvalue weighted by Gasteiger charge is 2.34. The lowest BCUT2D eigenvalue weighted by atomic mass is 9.80. The Morgan fingerprint density at radius 2 is 2.25 bits per heavy atom. The molecule has 3 nitrogen and oxygen atoms in total. The van der Waals surface area contributed by atoms with E-state index in [1.807, 2.05) is 19.9 Å². The van der Waals surface area contributed by atoms with Gasteiger partial charge in [-0.1, -0.05) is 0 Å². The van der Waals surface area contributed by atoms with E-state index in [9.17, 15) is 9.90 Å². The molecular weight excluding hydrogens is 222 g/mol. The zero-order valence-corrected chi connectivity index (χ0v) is 10.5. The monoisotopic (exact) mass is 239 g/mol. The van der Waals surface area contributed by atoms with Gasteiger partial charge in [-0.3, -0.25) is 4.79 Å². The Hall–Kier alpha value is -0.870. The Balaban J connectivity index is 1.95. The predicted molar refractivity (Wildman–Crippen MR) is 64.9 cm³/mol. The summed E-state index contributed by atoms with van der Waals surface area (Å²) in [5.41, 5.74) is 0.0969. The van der Waals surface area contributed by atoms with Gasteiger partial charge in [0, 0.05) is 16.3 Å². The fourth-order valence-corrected chi connectivity index (χ4v) is 2.88. The number of carbonyl (C=O) groups excluding carboxylic acids is 1. The fraction of sp³-hybridized carbons (Fsp3) is 0.583. The van der Waals surface area contributed by atoms with Crippen molar-refractivity contribution in [2.45, 2.75) is 38.7 Å². The highest BCUT2D eigenvalue weighted by molar-refractivity contribution is 7.12. The van der Waals surface area contributed by atoms with Crippen LogP contribution in [0.1, 0.15) is 39.4 Å². The predicted octanol–water partition coefficient (Wildman–Crippen LogP) is 2.01. The summed E-state index contributed by atoms with van der Waals surface area (Å²) in [4.78, 5) is 14.0. The molecule has 0 radical (unpaired) electrons. The van der Waals surface area contributed by atoms with Crippen molar-refractivity contribution in [1.82, 2.24) is 5.32 Å². The molecule has 4 heteroatoms. The van der Waals surface area contributed by atoms with Crippen LogP contribution in [0.2, 0.25) is 0 Å². The van der Waals surface area contributed by atoms with Crippen LogP contribution in [0.4, 0.5) is 0 Å². The van der Waals surface area contributed by atoms with Crippen LogP contribution in [0.15, 0.2) is 6.07 Å². The van der Waals surface area contributed by atoms with Gasteiger partial charge in [0.05, 0.1) is 11.2 Å². The molecule has 0 atom stereocenters. The van der Waals surface area contributed by atoms with Crippen molar-refractivity contribution in [3.63, 3.8) is 0 Å². The normalized spacial score (nSPS) is 17.9. The Morgan fingerprint density at radius 3 is 2.69 bits per heavy atom. The van der Waals surface area contributed by atoms with Crippen LogP contribution in [0, 0.1) is 13.8 Å². The van der Waals surface area contributed by atoms with Crippen LogP contribution >= 0.6 is 11.3 Å². The van der Waals surface area contributed by atoms with E-state index in [0.29, 0.717) is 6.54 Å². The molecule has 0 saturated heterocycles. The number of hydrogen-bond acceptors (Lipinski definition) is 3. The largest absolute Gasteiger partial charge is 0.388 e. The Morgan fingerprint density at radius 1 is 1.56 bits per heavy atom. The molecule has 1 aromatic heterocycles. The first kappa shape index (κ1) is 11.6. The Labute approximate surface area is 99.5 Å². The van der Waals surface area contributed by atoms with Gasteiger partial charge >= 0.3 is 0 Å². The molecule has 0 spiro atoms. The number of rotatable bonds is 3. The SMILES string of the molecule is Cc1cc(C(=O)NCC2(O)CCC2)c(C)s1. The molecule has 2 N–H and O–H groups in total. The molecule has 1 amide bonds. The second kappa shape index (κ2) is 4.18. The third-order valence-corrected chi connectivity index (χ3v) is 4.11. The van der Waals surface area contributed by atoms with E-state index in [1.54, 1.807) is 11.3 Å². The zero-order valence-electron chi connectivity index (χ0n) is 9.67. The highest BCUT2D eigenvalue weighted by Crippen LogP contribution is 2.30. The molecule has 0 bridgehead atoms. The van der Waals surface area contributed by atoms with Crippen LogP contribution in [0.5, 0.6) is 0 Å². The van der Waals surface area contributed by atoms with Crippen LogP contribution in [-0.4, -0.2) is 23.2 Å². The van der Waals surface area contributed by atoms with Gasteiger partial charge in [0.1, 0.15) is 0 Å². The third kappa shape index (κ3) is 2.28. The topological polar surface area (TPSA) is 49.3 Å². The Kier molecular flexibility index (Phi) is 3.04. The van der Waals surface area contributed by atoms with Crippen molar-refractivity contribution < 1.29 is 9.90 Å². The van der Waals surface area contributed by atoms with E-state index in [0.717, 1.165) is 34.6 Å². The van der Waals surface area contributed by atoms with E-state index in [4.69, 9.17) is 0 Å². The van der Waals surface area contributed by atoms with Gasteiger partial charge in [0.15, 0.2) is 0 Å². The summed E-state index contributed by atoms with van der Waals surface area (Å²) in [6, 6.07) is 1.90. The first-order chi connectivity index (χ1) is 7.50. The van der Waals surface area contributed by atoms with Gasteiger partial charge in [-0.25, -0.2) is 0 Å². The van der Waals surface area contributed by atoms with Crippen molar-refractivity contribution in [3.8, 4) is 0 Å². The van der Waals surface area contributed by atoms with Crippen LogP contribution in [0.3, 0.4) is 0 Å². The van der Waals surface area contributed by atoms with Crippen LogP contribution in [0.25, 0.3) is 0 Å². The molecule has 2 rings (SSSR count). The van der Waals surface area contributed by atoms with E-state index in [-0.39, 0.29) is 5.91 Å². The second-order valence-electron chi connectivity index (χ2n) is 4.59. The lowest BCUT2D eigenvalue weighted by Crippen LogP contribution is -2.47. The molecule has 1 aliphatic rings. The summed E-state index contributed by atoms with van der Waals surface area (Å²) in [6.45, 7) is 4.32. The number of aliphatic hydroxyl groups is 1. The average molecular weight is 239 g/mol. The zero-order chi connectivity index (χ0) is 11.8. The summed E-state index contributed by atoms with van der Waals surface area (Å²) in [5.74, 6) is -0.0674. The standard InChI is InChI=1S/C12H17NO2S/c1-8-6-10(9(2)16-8)11(14)13-7-12(15)4-3-5-12/h6,15H,3-5,7H2,1-2H3,(H,13,14). The van der Waals surface area contributed by atoms with Gasteiger partial charge in [0.25, 0.3) is 5.91 Å². The van der Waals surface area contributed by atoms with Gasteiger partial charge in [-0.2, -0.15) is 0 Å². The second-order valence-corrected chi connectivity index (χ2v) is 6.05. The maximum atomic E-state index is 11.8. The summed E-state index contributed by atoms with van der Waals surface area (Å²) in [6.07, 6.45) is 2.66. The number of carbonyl (C=O) groups is 1. The smallest absolute Gasteiger partial charge is 0.252 e. The lowest BCUT2D eigenvalue weighted by Gasteiger charge is -2.36. The molecule has 0 unspecified atom stereocenters. The molecule has 16 heavy (non-hydrogen) atoms. The van der Waals surface area contributed by atoms with Crippen molar-refractivity contribution >= 4 is 17.2 Å². The van der Waals surface area contributed by atoms with Gasteiger partial charge in [0.2, 0.25) is 0 Å². The molecular formula is C12H17NO2S. The van der Waals surface area contributed by atoms with E-state index < -0.39 is 5.60 Å². The van der Waals surface area contributed by atoms with Gasteiger partial charge in [-0.15, -0.1) is 11.3 Å². The minimum Gasteiger partial charge on any atom is -0.388 e. The molecule has 0 aromatic carbocycles.